The van der Waals surface area contributed by atoms with Crippen LogP contribution in [0.3, 0.4) is 0 Å². The normalized spacial score (nSPS) is 10.8. The van der Waals surface area contributed by atoms with Crippen molar-refractivity contribution in [1.82, 2.24) is 0 Å². The monoisotopic (exact) mass is 262 g/mol. The number of hydrogen-bond donors (Lipinski definition) is 0. The number of hydrogen-bond acceptors (Lipinski definition) is 2. The third-order valence-electron chi connectivity index (χ3n) is 3.57. The molecule has 3 rings (SSSR count). The summed E-state index contributed by atoms with van der Waals surface area (Å²) in [4.78, 5) is 23.5. The molecular formula is C18H14O2. The van der Waals surface area contributed by atoms with Gasteiger partial charge in [-0.1, -0.05) is 60.7 Å². The minimum atomic E-state index is -0.320. The summed E-state index contributed by atoms with van der Waals surface area (Å²) in [6.45, 7) is 0. The summed E-state index contributed by atoms with van der Waals surface area (Å²) in [6.07, 6.45) is 1.10. The minimum Gasteiger partial charge on any atom is -0.285 e. The molecule has 0 saturated carbocycles. The molecule has 0 aliphatic heterocycles. The lowest BCUT2D eigenvalue weighted by molar-refractivity contribution is 1.01. The van der Waals surface area contributed by atoms with Crippen LogP contribution in [0, 0.1) is 0 Å². The molecule has 20 heavy (non-hydrogen) atoms. The van der Waals surface area contributed by atoms with Crippen molar-refractivity contribution in [2.45, 2.75) is 12.8 Å². The molecule has 0 bridgehead atoms. The van der Waals surface area contributed by atoms with Crippen LogP contribution in [-0.4, -0.2) is 0 Å². The summed E-state index contributed by atoms with van der Waals surface area (Å²) in [7, 11) is 0. The lowest BCUT2D eigenvalue weighted by Crippen LogP contribution is -2.40. The van der Waals surface area contributed by atoms with Gasteiger partial charge in [0.25, 0.3) is 0 Å². The molecule has 0 aliphatic carbocycles. The largest absolute Gasteiger partial charge is 0.285 e. The Morgan fingerprint density at radius 2 is 0.900 bits per heavy atom. The predicted molar refractivity (Wildman–Crippen MR) is 79.9 cm³/mol. The van der Waals surface area contributed by atoms with Crippen molar-refractivity contribution >= 4 is 0 Å². The van der Waals surface area contributed by atoms with Gasteiger partial charge < -0.3 is 0 Å². The van der Waals surface area contributed by atoms with Crippen LogP contribution < -0.4 is 10.9 Å². The van der Waals surface area contributed by atoms with Gasteiger partial charge in [0, 0.05) is 24.0 Å². The first-order valence-corrected chi connectivity index (χ1v) is 6.64. The van der Waals surface area contributed by atoms with Crippen LogP contribution in [-0.2, 0) is 12.8 Å². The van der Waals surface area contributed by atoms with Crippen LogP contribution in [0.1, 0.15) is 22.3 Å². The zero-order chi connectivity index (χ0) is 13.9. The zero-order valence-electron chi connectivity index (χ0n) is 11.0. The van der Waals surface area contributed by atoms with Crippen LogP contribution >= 0.6 is 0 Å². The van der Waals surface area contributed by atoms with Crippen molar-refractivity contribution in [3.63, 3.8) is 0 Å². The molecule has 0 N–H and O–H groups in total. The SMILES string of the molecule is O=c1c(Cc2ccccc2)c(Cc2ccccc2)c1=O. The van der Waals surface area contributed by atoms with Gasteiger partial charge in [-0.25, -0.2) is 0 Å². The van der Waals surface area contributed by atoms with E-state index in [9.17, 15) is 9.59 Å². The highest BCUT2D eigenvalue weighted by Crippen LogP contribution is 2.13. The van der Waals surface area contributed by atoms with E-state index >= 15 is 0 Å². The van der Waals surface area contributed by atoms with E-state index in [0.717, 1.165) is 11.1 Å². The Bertz CT molecular complexity index is 710. The summed E-state index contributed by atoms with van der Waals surface area (Å²) < 4.78 is 0. The van der Waals surface area contributed by atoms with Crippen molar-refractivity contribution in [3.05, 3.63) is 103 Å². The lowest BCUT2D eigenvalue weighted by atomic mass is 9.90. The molecular weight excluding hydrogens is 248 g/mol. The molecule has 0 spiro atoms. The summed E-state index contributed by atoms with van der Waals surface area (Å²) in [5, 5.41) is 0. The minimum absolute atomic E-state index is 0.320. The van der Waals surface area contributed by atoms with Crippen LogP contribution in [0.15, 0.2) is 70.3 Å². The Morgan fingerprint density at radius 1 is 0.550 bits per heavy atom. The molecule has 2 heteroatoms. The van der Waals surface area contributed by atoms with Crippen LogP contribution in [0.2, 0.25) is 0 Å². The fraction of sp³-hybridized carbons (Fsp3) is 0.111. The van der Waals surface area contributed by atoms with Gasteiger partial charge in [0.2, 0.25) is 10.9 Å². The molecule has 3 aromatic carbocycles. The molecule has 0 unspecified atom stereocenters. The average Bonchev–Trinajstić information content (AvgIpc) is 2.52. The van der Waals surface area contributed by atoms with Gasteiger partial charge in [0.1, 0.15) is 0 Å². The summed E-state index contributed by atoms with van der Waals surface area (Å²) >= 11 is 0. The molecule has 0 aliphatic rings. The third kappa shape index (κ3) is 2.32. The van der Waals surface area contributed by atoms with Crippen molar-refractivity contribution in [1.29, 1.82) is 0 Å². The summed E-state index contributed by atoms with van der Waals surface area (Å²) in [6, 6.07) is 19.6. The Kier molecular flexibility index (Phi) is 3.30. The zero-order valence-corrected chi connectivity index (χ0v) is 11.0. The molecule has 0 radical (unpaired) electrons. The van der Waals surface area contributed by atoms with Gasteiger partial charge >= 0.3 is 0 Å². The standard InChI is InChI=1S/C18H14O2/c19-17-15(11-13-7-3-1-4-8-13)16(18(17)20)12-14-9-5-2-6-10-14/h1-10H,11-12H2. The molecule has 0 saturated heterocycles. The smallest absolute Gasteiger partial charge is 0.229 e. The van der Waals surface area contributed by atoms with Crippen LogP contribution in [0.25, 0.3) is 0 Å². The number of benzene rings is 2. The lowest BCUT2D eigenvalue weighted by Gasteiger charge is -2.11. The van der Waals surface area contributed by atoms with E-state index in [4.69, 9.17) is 0 Å². The third-order valence-corrected chi connectivity index (χ3v) is 3.57. The van der Waals surface area contributed by atoms with Gasteiger partial charge in [-0.3, -0.25) is 9.59 Å². The highest BCUT2D eigenvalue weighted by molar-refractivity contribution is 5.40. The van der Waals surface area contributed by atoms with Crippen LogP contribution in [0.5, 0.6) is 0 Å². The van der Waals surface area contributed by atoms with Gasteiger partial charge in [0.15, 0.2) is 0 Å². The average molecular weight is 262 g/mol. The molecule has 98 valence electrons. The molecule has 0 aromatic heterocycles. The molecule has 3 aromatic rings. The van der Waals surface area contributed by atoms with Gasteiger partial charge in [-0.15, -0.1) is 0 Å². The molecule has 0 fully saturated rings. The van der Waals surface area contributed by atoms with E-state index in [2.05, 4.69) is 0 Å². The van der Waals surface area contributed by atoms with Crippen LogP contribution in [0.4, 0.5) is 0 Å². The summed E-state index contributed by atoms with van der Waals surface area (Å²) in [5.74, 6) is 0. The maximum Gasteiger partial charge on any atom is 0.229 e. The first kappa shape index (κ1) is 12.5. The highest BCUT2D eigenvalue weighted by atomic mass is 16.2. The molecule has 2 nitrogen and oxygen atoms in total. The second kappa shape index (κ2) is 5.25. The topological polar surface area (TPSA) is 34.1 Å². The Morgan fingerprint density at radius 3 is 1.25 bits per heavy atom. The van der Waals surface area contributed by atoms with Crippen molar-refractivity contribution < 1.29 is 0 Å². The molecule has 0 heterocycles. The van der Waals surface area contributed by atoms with Crippen molar-refractivity contribution in [2.75, 3.05) is 0 Å². The van der Waals surface area contributed by atoms with E-state index in [1.165, 1.54) is 0 Å². The summed E-state index contributed by atoms with van der Waals surface area (Å²) in [5.41, 5.74) is 2.83. The van der Waals surface area contributed by atoms with E-state index in [-0.39, 0.29) is 10.9 Å². The second-order valence-electron chi connectivity index (χ2n) is 4.94. The first-order chi connectivity index (χ1) is 9.75. The predicted octanol–water partition coefficient (Wildman–Crippen LogP) is 2.46. The van der Waals surface area contributed by atoms with Crippen molar-refractivity contribution in [3.8, 4) is 0 Å². The fourth-order valence-corrected chi connectivity index (χ4v) is 2.46. The Hall–Kier alpha value is -2.48. The van der Waals surface area contributed by atoms with Gasteiger partial charge in [-0.05, 0) is 11.1 Å². The van der Waals surface area contributed by atoms with Gasteiger partial charge in [0.05, 0.1) is 0 Å². The van der Waals surface area contributed by atoms with E-state index in [0.29, 0.717) is 24.0 Å². The highest BCUT2D eigenvalue weighted by Gasteiger charge is 2.20. The Balaban J connectivity index is 1.88. The van der Waals surface area contributed by atoms with E-state index < -0.39 is 0 Å². The molecule has 0 amide bonds. The van der Waals surface area contributed by atoms with Gasteiger partial charge in [-0.2, -0.15) is 0 Å². The van der Waals surface area contributed by atoms with Crippen molar-refractivity contribution in [2.24, 2.45) is 0 Å². The first-order valence-electron chi connectivity index (χ1n) is 6.64. The van der Waals surface area contributed by atoms with E-state index in [1.807, 2.05) is 60.7 Å². The second-order valence-corrected chi connectivity index (χ2v) is 4.94. The maximum absolute atomic E-state index is 11.8. The Labute approximate surface area is 117 Å². The van der Waals surface area contributed by atoms with E-state index in [1.54, 1.807) is 0 Å². The quantitative estimate of drug-likeness (QED) is 0.677. The molecule has 0 atom stereocenters. The fourth-order valence-electron chi connectivity index (χ4n) is 2.46. The maximum atomic E-state index is 11.8. The number of rotatable bonds is 4.